The van der Waals surface area contributed by atoms with Crippen LogP contribution >= 0.6 is 23.2 Å². The van der Waals surface area contributed by atoms with Crippen LogP contribution in [-0.4, -0.2) is 23.6 Å². The number of nitro groups is 1. The summed E-state index contributed by atoms with van der Waals surface area (Å²) in [4.78, 5) is 14.2. The van der Waals surface area contributed by atoms with Crippen LogP contribution in [0.1, 0.15) is 18.0 Å². The number of aromatic nitrogens is 1. The smallest absolute Gasteiger partial charge is 0.289 e. The largest absolute Gasteiger partial charge is 0.385 e. The van der Waals surface area contributed by atoms with Gasteiger partial charge in [0.1, 0.15) is 12.0 Å². The minimum atomic E-state index is -0.537. The molecule has 0 bridgehead atoms. The van der Waals surface area contributed by atoms with Gasteiger partial charge in [0, 0.05) is 24.8 Å². The summed E-state index contributed by atoms with van der Waals surface area (Å²) in [5.41, 5.74) is 0.836. The standard InChI is InChI=1S/C15H15Cl2N3O3/c1-23-7-6-14(10-2-4-11(16)5-3-10)19-15-13(17)8-12(9-18-15)20(21)22/h2-5,8-9,14H,6-7H2,1H3,(H,18,19). The number of ether oxygens (including phenoxy) is 1. The molecule has 0 radical (unpaired) electrons. The zero-order valence-electron chi connectivity index (χ0n) is 12.3. The molecule has 1 aromatic carbocycles. The molecule has 0 aliphatic carbocycles. The minimum absolute atomic E-state index is 0.112. The molecule has 0 aliphatic heterocycles. The van der Waals surface area contributed by atoms with Crippen molar-refractivity contribution in [3.05, 3.63) is 62.3 Å². The molecule has 1 N–H and O–H groups in total. The van der Waals surface area contributed by atoms with Crippen LogP contribution in [-0.2, 0) is 4.74 Å². The van der Waals surface area contributed by atoms with Crippen LogP contribution in [0.2, 0.25) is 10.0 Å². The number of nitrogens with one attached hydrogen (secondary N) is 1. The van der Waals surface area contributed by atoms with Crippen LogP contribution in [0.25, 0.3) is 0 Å². The summed E-state index contributed by atoms with van der Waals surface area (Å²) in [6, 6.07) is 8.54. The molecule has 1 aromatic heterocycles. The lowest BCUT2D eigenvalue weighted by Crippen LogP contribution is -2.14. The number of hydrogen-bond acceptors (Lipinski definition) is 5. The van der Waals surface area contributed by atoms with Crippen LogP contribution in [0.3, 0.4) is 0 Å². The van der Waals surface area contributed by atoms with Crippen LogP contribution in [0.5, 0.6) is 0 Å². The van der Waals surface area contributed by atoms with Crippen molar-refractivity contribution in [3.63, 3.8) is 0 Å². The minimum Gasteiger partial charge on any atom is -0.385 e. The molecule has 6 nitrogen and oxygen atoms in total. The van der Waals surface area contributed by atoms with Gasteiger partial charge in [0.25, 0.3) is 5.69 Å². The number of anilines is 1. The number of nitrogens with zero attached hydrogens (tertiary/aromatic N) is 2. The summed E-state index contributed by atoms with van der Waals surface area (Å²) < 4.78 is 5.13. The van der Waals surface area contributed by atoms with E-state index in [0.29, 0.717) is 23.9 Å². The van der Waals surface area contributed by atoms with Gasteiger partial charge in [-0.25, -0.2) is 4.98 Å². The highest BCUT2D eigenvalue weighted by molar-refractivity contribution is 6.33. The van der Waals surface area contributed by atoms with Crippen LogP contribution in [0, 0.1) is 10.1 Å². The van der Waals surface area contributed by atoms with Crippen molar-refractivity contribution in [1.29, 1.82) is 0 Å². The predicted molar refractivity (Wildman–Crippen MR) is 90.2 cm³/mol. The van der Waals surface area contributed by atoms with Gasteiger partial charge in [-0.3, -0.25) is 10.1 Å². The van der Waals surface area contributed by atoms with Crippen molar-refractivity contribution in [1.82, 2.24) is 4.98 Å². The molecule has 2 aromatic rings. The Morgan fingerprint density at radius 3 is 2.61 bits per heavy atom. The lowest BCUT2D eigenvalue weighted by Gasteiger charge is -2.20. The maximum absolute atomic E-state index is 10.7. The number of halogens is 2. The average molecular weight is 356 g/mol. The van der Waals surface area contributed by atoms with E-state index in [1.54, 1.807) is 19.2 Å². The normalized spacial score (nSPS) is 12.0. The van der Waals surface area contributed by atoms with Crippen molar-refractivity contribution in [2.75, 3.05) is 19.0 Å². The highest BCUT2D eigenvalue weighted by Gasteiger charge is 2.16. The summed E-state index contributed by atoms with van der Waals surface area (Å²) in [5, 5.41) is 14.8. The highest BCUT2D eigenvalue weighted by atomic mass is 35.5. The number of hydrogen-bond donors (Lipinski definition) is 1. The summed E-state index contributed by atoms with van der Waals surface area (Å²) >= 11 is 12.0. The zero-order valence-corrected chi connectivity index (χ0v) is 13.8. The van der Waals surface area contributed by atoms with Gasteiger partial charge in [0.15, 0.2) is 0 Å². The van der Waals surface area contributed by atoms with E-state index in [-0.39, 0.29) is 16.8 Å². The molecule has 1 unspecified atom stereocenters. The second-order valence-electron chi connectivity index (χ2n) is 4.81. The number of methoxy groups -OCH3 is 1. The Morgan fingerprint density at radius 2 is 2.04 bits per heavy atom. The average Bonchev–Trinajstić information content (AvgIpc) is 2.53. The fraction of sp³-hybridized carbons (Fsp3) is 0.267. The van der Waals surface area contributed by atoms with Gasteiger partial charge in [-0.15, -0.1) is 0 Å². The number of benzene rings is 1. The van der Waals surface area contributed by atoms with E-state index < -0.39 is 4.92 Å². The van der Waals surface area contributed by atoms with Gasteiger partial charge in [-0.2, -0.15) is 0 Å². The molecule has 0 fully saturated rings. The van der Waals surface area contributed by atoms with Gasteiger partial charge >= 0.3 is 0 Å². The van der Waals surface area contributed by atoms with Gasteiger partial charge in [0.2, 0.25) is 0 Å². The first-order valence-corrected chi connectivity index (χ1v) is 7.57. The van der Waals surface area contributed by atoms with Crippen molar-refractivity contribution in [2.45, 2.75) is 12.5 Å². The Labute approximate surface area is 143 Å². The van der Waals surface area contributed by atoms with Crippen LogP contribution in [0.15, 0.2) is 36.5 Å². The third kappa shape index (κ3) is 4.79. The van der Waals surface area contributed by atoms with Gasteiger partial charge in [-0.05, 0) is 24.1 Å². The first-order chi connectivity index (χ1) is 11.0. The predicted octanol–water partition coefficient (Wildman–Crippen LogP) is 4.49. The first kappa shape index (κ1) is 17.5. The molecule has 0 aliphatic rings. The molecular weight excluding hydrogens is 341 g/mol. The molecule has 1 atom stereocenters. The van der Waals surface area contributed by atoms with E-state index in [2.05, 4.69) is 10.3 Å². The Bertz CT molecular complexity index is 680. The molecule has 23 heavy (non-hydrogen) atoms. The third-order valence-corrected chi connectivity index (χ3v) is 3.77. The number of pyridine rings is 1. The molecule has 0 saturated heterocycles. The lowest BCUT2D eigenvalue weighted by atomic mass is 10.0. The molecule has 8 heteroatoms. The Morgan fingerprint density at radius 1 is 1.35 bits per heavy atom. The van der Waals surface area contributed by atoms with E-state index >= 15 is 0 Å². The van der Waals surface area contributed by atoms with Gasteiger partial charge < -0.3 is 10.1 Å². The maximum Gasteiger partial charge on any atom is 0.289 e. The zero-order chi connectivity index (χ0) is 16.8. The Kier molecular flexibility index (Phi) is 6.15. The van der Waals surface area contributed by atoms with E-state index in [1.807, 2.05) is 12.1 Å². The molecule has 1 heterocycles. The second-order valence-corrected chi connectivity index (χ2v) is 5.65. The van der Waals surface area contributed by atoms with Gasteiger partial charge in [0.05, 0.1) is 16.0 Å². The fourth-order valence-corrected chi connectivity index (χ4v) is 2.39. The summed E-state index contributed by atoms with van der Waals surface area (Å²) in [6.45, 7) is 0.533. The highest BCUT2D eigenvalue weighted by Crippen LogP contribution is 2.29. The SMILES string of the molecule is COCCC(Nc1ncc([N+](=O)[O-])cc1Cl)c1ccc(Cl)cc1. The van der Waals surface area contributed by atoms with Crippen molar-refractivity contribution >= 4 is 34.7 Å². The first-order valence-electron chi connectivity index (χ1n) is 6.82. The Hall–Kier alpha value is -1.89. The number of rotatable bonds is 7. The molecule has 2 rings (SSSR count). The van der Waals surface area contributed by atoms with E-state index in [1.165, 1.54) is 12.3 Å². The van der Waals surface area contributed by atoms with Crippen molar-refractivity contribution < 1.29 is 9.66 Å². The van der Waals surface area contributed by atoms with E-state index in [0.717, 1.165) is 5.56 Å². The molecule has 0 spiro atoms. The maximum atomic E-state index is 10.7. The fourth-order valence-electron chi connectivity index (χ4n) is 2.05. The van der Waals surface area contributed by atoms with Crippen molar-refractivity contribution in [3.8, 4) is 0 Å². The topological polar surface area (TPSA) is 77.3 Å². The summed E-state index contributed by atoms with van der Waals surface area (Å²) in [6.07, 6.45) is 1.84. The van der Waals surface area contributed by atoms with Crippen molar-refractivity contribution in [2.24, 2.45) is 0 Å². The van der Waals surface area contributed by atoms with Gasteiger partial charge in [-0.1, -0.05) is 35.3 Å². The van der Waals surface area contributed by atoms with E-state index in [9.17, 15) is 10.1 Å². The monoisotopic (exact) mass is 355 g/mol. The molecule has 0 amide bonds. The summed E-state index contributed by atoms with van der Waals surface area (Å²) in [5.74, 6) is 0.383. The molecule has 0 saturated carbocycles. The van der Waals surface area contributed by atoms with Crippen LogP contribution < -0.4 is 5.32 Å². The van der Waals surface area contributed by atoms with Crippen LogP contribution in [0.4, 0.5) is 11.5 Å². The quantitative estimate of drug-likeness (QED) is 0.584. The Balaban J connectivity index is 2.23. The third-order valence-electron chi connectivity index (χ3n) is 3.23. The van der Waals surface area contributed by atoms with E-state index in [4.69, 9.17) is 27.9 Å². The molecular formula is C15H15Cl2N3O3. The molecule has 122 valence electrons. The second kappa shape index (κ2) is 8.10. The summed E-state index contributed by atoms with van der Waals surface area (Å²) in [7, 11) is 1.62. The lowest BCUT2D eigenvalue weighted by molar-refractivity contribution is -0.385.